The fourth-order valence-corrected chi connectivity index (χ4v) is 3.63. The number of urea groups is 1. The van der Waals surface area contributed by atoms with Gasteiger partial charge in [0.25, 0.3) is 11.8 Å². The molecule has 0 aliphatic carbocycles. The minimum absolute atomic E-state index is 0.0729. The largest absolute Gasteiger partial charge is 0.366 e. The zero-order valence-corrected chi connectivity index (χ0v) is 16.3. The molecule has 2 N–H and O–H groups in total. The molecule has 2 aliphatic rings. The van der Waals surface area contributed by atoms with Crippen LogP contribution in [0, 0.1) is 11.6 Å². The third-order valence-electron chi connectivity index (χ3n) is 4.91. The van der Waals surface area contributed by atoms with Gasteiger partial charge in [0.15, 0.2) is 0 Å². The number of hydrogen-bond donors (Lipinski definition) is 2. The molecule has 2 aromatic carbocycles. The molecule has 0 aromatic heterocycles. The van der Waals surface area contributed by atoms with Gasteiger partial charge in [0.2, 0.25) is 0 Å². The topological polar surface area (TPSA) is 81.8 Å². The van der Waals surface area contributed by atoms with E-state index < -0.39 is 41.6 Å². The molecule has 1 saturated heterocycles. The van der Waals surface area contributed by atoms with Gasteiger partial charge in [0.1, 0.15) is 17.7 Å². The summed E-state index contributed by atoms with van der Waals surface area (Å²) in [5.74, 6) is -2.96. The Kier molecular flexibility index (Phi) is 4.90. The van der Waals surface area contributed by atoms with E-state index in [1.165, 1.54) is 23.2 Å². The van der Waals surface area contributed by atoms with Crippen molar-refractivity contribution in [3.05, 3.63) is 70.9 Å². The van der Waals surface area contributed by atoms with Crippen LogP contribution in [0.25, 0.3) is 0 Å². The SMILES string of the molecule is CN1C=C(C(=O)Nc2ccc(F)cc2F)C2NC(=O)N(c3ccc(Cl)cc3)C(=O)C21. The molecular weight excluding hydrogens is 418 g/mol. The van der Waals surface area contributed by atoms with Gasteiger partial charge in [0, 0.05) is 24.3 Å². The van der Waals surface area contributed by atoms with Crippen molar-refractivity contribution in [1.29, 1.82) is 0 Å². The van der Waals surface area contributed by atoms with E-state index in [1.54, 1.807) is 19.2 Å². The lowest BCUT2D eigenvalue weighted by molar-refractivity contribution is -0.122. The second-order valence-corrected chi connectivity index (χ2v) is 7.29. The Balaban J connectivity index is 1.58. The zero-order chi connectivity index (χ0) is 21.6. The summed E-state index contributed by atoms with van der Waals surface area (Å²) in [5.41, 5.74) is 0.188. The van der Waals surface area contributed by atoms with Crippen LogP contribution in [0.15, 0.2) is 54.2 Å². The average Bonchev–Trinajstić information content (AvgIpc) is 3.02. The second kappa shape index (κ2) is 7.42. The summed E-state index contributed by atoms with van der Waals surface area (Å²) >= 11 is 5.86. The first-order valence-electron chi connectivity index (χ1n) is 8.86. The van der Waals surface area contributed by atoms with Crippen molar-refractivity contribution in [2.24, 2.45) is 0 Å². The second-order valence-electron chi connectivity index (χ2n) is 6.85. The molecule has 0 saturated carbocycles. The molecule has 7 nitrogen and oxygen atoms in total. The Morgan fingerprint density at radius 2 is 1.83 bits per heavy atom. The zero-order valence-electron chi connectivity index (χ0n) is 15.5. The predicted molar refractivity (Wildman–Crippen MR) is 106 cm³/mol. The number of hydrogen-bond acceptors (Lipinski definition) is 4. The first kappa shape index (κ1) is 19.8. The molecule has 4 amide bonds. The number of carbonyl (C=O) groups is 3. The Labute approximate surface area is 174 Å². The predicted octanol–water partition coefficient (Wildman–Crippen LogP) is 2.88. The first-order valence-corrected chi connectivity index (χ1v) is 9.24. The summed E-state index contributed by atoms with van der Waals surface area (Å²) in [7, 11) is 1.59. The number of fused-ring (bicyclic) bond motifs is 1. The molecule has 2 heterocycles. The fraction of sp³-hybridized carbons (Fsp3) is 0.150. The third kappa shape index (κ3) is 3.37. The van der Waals surface area contributed by atoms with Crippen molar-refractivity contribution in [2.45, 2.75) is 12.1 Å². The summed E-state index contributed by atoms with van der Waals surface area (Å²) in [5, 5.41) is 5.45. The molecule has 0 radical (unpaired) electrons. The number of likely N-dealkylation sites (N-methyl/N-ethyl adjacent to an activating group) is 1. The van der Waals surface area contributed by atoms with Gasteiger partial charge in [-0.3, -0.25) is 9.59 Å². The minimum atomic E-state index is -0.940. The van der Waals surface area contributed by atoms with Crippen LogP contribution >= 0.6 is 11.6 Å². The van der Waals surface area contributed by atoms with E-state index in [1.807, 2.05) is 0 Å². The van der Waals surface area contributed by atoms with Gasteiger partial charge in [-0.25, -0.2) is 18.5 Å². The number of benzene rings is 2. The van der Waals surface area contributed by atoms with Crippen LogP contribution in [-0.2, 0) is 9.59 Å². The molecular formula is C20H15ClF2N4O3. The highest BCUT2D eigenvalue weighted by Crippen LogP contribution is 2.30. The minimum Gasteiger partial charge on any atom is -0.366 e. The maximum Gasteiger partial charge on any atom is 0.329 e. The molecule has 10 heteroatoms. The van der Waals surface area contributed by atoms with E-state index in [2.05, 4.69) is 10.6 Å². The van der Waals surface area contributed by atoms with E-state index in [9.17, 15) is 23.2 Å². The van der Waals surface area contributed by atoms with Crippen molar-refractivity contribution in [3.8, 4) is 0 Å². The van der Waals surface area contributed by atoms with Gasteiger partial charge in [-0.2, -0.15) is 0 Å². The molecule has 2 unspecified atom stereocenters. The molecule has 0 bridgehead atoms. The van der Waals surface area contributed by atoms with Crippen LogP contribution in [-0.4, -0.2) is 41.9 Å². The number of nitrogens with zero attached hydrogens (tertiary/aromatic N) is 2. The molecule has 0 spiro atoms. The normalized spacial score (nSPS) is 20.6. The number of halogens is 3. The van der Waals surface area contributed by atoms with E-state index in [0.717, 1.165) is 17.0 Å². The quantitative estimate of drug-likeness (QED) is 0.781. The molecule has 30 heavy (non-hydrogen) atoms. The Morgan fingerprint density at radius 1 is 1.13 bits per heavy atom. The number of imide groups is 1. The summed E-state index contributed by atoms with van der Waals surface area (Å²) in [6.07, 6.45) is 1.41. The Morgan fingerprint density at radius 3 is 2.50 bits per heavy atom. The average molecular weight is 433 g/mol. The standard InChI is InChI=1S/C20H15ClF2N4O3/c1-26-9-13(18(28)24-15-7-4-11(22)8-14(15)23)16-17(26)19(29)27(20(30)25-16)12-5-2-10(21)3-6-12/h2-9,16-17H,1H3,(H,24,28)(H,25,30). The highest BCUT2D eigenvalue weighted by atomic mass is 35.5. The summed E-state index contributed by atoms with van der Waals surface area (Å²) in [6, 6.07) is 6.42. The molecule has 154 valence electrons. The number of anilines is 2. The monoisotopic (exact) mass is 432 g/mol. The number of rotatable bonds is 3. The van der Waals surface area contributed by atoms with Crippen LogP contribution in [0.2, 0.25) is 5.02 Å². The molecule has 2 atom stereocenters. The van der Waals surface area contributed by atoms with Crippen molar-refractivity contribution in [3.63, 3.8) is 0 Å². The van der Waals surface area contributed by atoms with E-state index in [0.29, 0.717) is 16.8 Å². The van der Waals surface area contributed by atoms with Crippen LogP contribution in [0.3, 0.4) is 0 Å². The van der Waals surface area contributed by atoms with Crippen LogP contribution in [0.5, 0.6) is 0 Å². The number of amides is 4. The molecule has 2 aromatic rings. The van der Waals surface area contributed by atoms with Crippen LogP contribution in [0.1, 0.15) is 0 Å². The van der Waals surface area contributed by atoms with Gasteiger partial charge < -0.3 is 15.5 Å². The Bertz CT molecular complexity index is 1090. The highest BCUT2D eigenvalue weighted by Gasteiger charge is 2.49. The van der Waals surface area contributed by atoms with Crippen molar-refractivity contribution in [2.75, 3.05) is 17.3 Å². The van der Waals surface area contributed by atoms with Gasteiger partial charge in [-0.15, -0.1) is 0 Å². The van der Waals surface area contributed by atoms with E-state index >= 15 is 0 Å². The van der Waals surface area contributed by atoms with Crippen molar-refractivity contribution < 1.29 is 23.2 Å². The lowest BCUT2D eigenvalue weighted by Gasteiger charge is -2.37. The smallest absolute Gasteiger partial charge is 0.329 e. The first-order chi connectivity index (χ1) is 14.3. The maximum atomic E-state index is 13.9. The number of carbonyl (C=O) groups excluding carboxylic acids is 3. The summed E-state index contributed by atoms with van der Waals surface area (Å²) < 4.78 is 26.9. The van der Waals surface area contributed by atoms with Crippen LogP contribution in [0.4, 0.5) is 25.0 Å². The van der Waals surface area contributed by atoms with Gasteiger partial charge in [-0.1, -0.05) is 11.6 Å². The van der Waals surface area contributed by atoms with E-state index in [-0.39, 0.29) is 11.3 Å². The van der Waals surface area contributed by atoms with Crippen molar-refractivity contribution >= 4 is 40.8 Å². The fourth-order valence-electron chi connectivity index (χ4n) is 3.51. The van der Waals surface area contributed by atoms with Crippen LogP contribution < -0.4 is 15.5 Å². The lowest BCUT2D eigenvalue weighted by Crippen LogP contribution is -2.65. The van der Waals surface area contributed by atoms with E-state index in [4.69, 9.17) is 11.6 Å². The molecule has 1 fully saturated rings. The Hall–Kier alpha value is -3.46. The molecule has 4 rings (SSSR count). The maximum absolute atomic E-state index is 13.9. The summed E-state index contributed by atoms with van der Waals surface area (Å²) in [6.45, 7) is 0. The van der Waals surface area contributed by atoms with Gasteiger partial charge in [-0.05, 0) is 36.4 Å². The van der Waals surface area contributed by atoms with Crippen molar-refractivity contribution in [1.82, 2.24) is 10.2 Å². The highest BCUT2D eigenvalue weighted by molar-refractivity contribution is 6.30. The van der Waals surface area contributed by atoms with Gasteiger partial charge >= 0.3 is 6.03 Å². The van der Waals surface area contributed by atoms with Gasteiger partial charge in [0.05, 0.1) is 23.0 Å². The lowest BCUT2D eigenvalue weighted by atomic mass is 9.99. The number of nitrogens with one attached hydrogen (secondary N) is 2. The molecule has 2 aliphatic heterocycles. The third-order valence-corrected chi connectivity index (χ3v) is 5.17. The summed E-state index contributed by atoms with van der Waals surface area (Å²) in [4.78, 5) is 40.9.